The summed E-state index contributed by atoms with van der Waals surface area (Å²) in [5.41, 5.74) is -0.672. The van der Waals surface area contributed by atoms with Gasteiger partial charge in [0.2, 0.25) is 0 Å². The average Bonchev–Trinajstić information content (AvgIpc) is 2.35. The number of likely N-dealkylation sites (N-methyl/N-ethyl adjacent to an activating group) is 1. The van der Waals surface area contributed by atoms with Gasteiger partial charge < -0.3 is 14.2 Å². The van der Waals surface area contributed by atoms with Crippen LogP contribution in [0.25, 0.3) is 0 Å². The Labute approximate surface area is 119 Å². The van der Waals surface area contributed by atoms with Crippen LogP contribution in [-0.4, -0.2) is 55.8 Å². The highest BCUT2D eigenvalue weighted by molar-refractivity contribution is 5.82. The monoisotopic (exact) mass is 289 g/mol. The van der Waals surface area contributed by atoms with Gasteiger partial charge in [-0.2, -0.15) is 0 Å². The quantitative estimate of drug-likeness (QED) is 0.561. The summed E-state index contributed by atoms with van der Waals surface area (Å²) in [5, 5.41) is 0. The normalized spacial score (nSPS) is 12.3. The number of ether oxygens (including phenoxy) is 3. The molecule has 0 saturated carbocycles. The Hall–Kier alpha value is -1.79. The van der Waals surface area contributed by atoms with Crippen LogP contribution in [0.2, 0.25) is 0 Å². The largest absolute Gasteiger partial charge is 0.469 e. The maximum Gasteiger partial charge on any atom is 0.410 e. The Morgan fingerprint density at radius 1 is 1.10 bits per heavy atom. The smallest absolute Gasteiger partial charge is 0.410 e. The Morgan fingerprint density at radius 2 is 1.65 bits per heavy atom. The fourth-order valence-electron chi connectivity index (χ4n) is 1.42. The maximum atomic E-state index is 11.9. The van der Waals surface area contributed by atoms with Crippen LogP contribution < -0.4 is 0 Å². The van der Waals surface area contributed by atoms with Crippen molar-refractivity contribution in [3.63, 3.8) is 0 Å². The van der Waals surface area contributed by atoms with E-state index in [1.54, 1.807) is 20.8 Å². The molecule has 0 rings (SSSR count). The van der Waals surface area contributed by atoms with Crippen molar-refractivity contribution < 1.29 is 28.6 Å². The molecule has 116 valence electrons. The topological polar surface area (TPSA) is 82.1 Å². The molecule has 0 radical (unpaired) electrons. The lowest BCUT2D eigenvalue weighted by atomic mass is 10.1. The first-order chi connectivity index (χ1) is 9.12. The molecule has 0 N–H and O–H groups in total. The van der Waals surface area contributed by atoms with Crippen LogP contribution in [0.1, 0.15) is 33.6 Å². The van der Waals surface area contributed by atoms with E-state index in [4.69, 9.17) is 4.74 Å². The number of amides is 1. The molecule has 0 spiro atoms. The van der Waals surface area contributed by atoms with Gasteiger partial charge in [-0.25, -0.2) is 9.59 Å². The van der Waals surface area contributed by atoms with Crippen LogP contribution in [-0.2, 0) is 23.8 Å². The molecule has 1 atom stereocenters. The molecule has 0 aromatic carbocycles. The lowest BCUT2D eigenvalue weighted by Crippen LogP contribution is -2.45. The molecule has 20 heavy (non-hydrogen) atoms. The first-order valence-corrected chi connectivity index (χ1v) is 6.22. The third-order valence-corrected chi connectivity index (χ3v) is 2.47. The van der Waals surface area contributed by atoms with Crippen molar-refractivity contribution in [1.29, 1.82) is 0 Å². The minimum Gasteiger partial charge on any atom is -0.469 e. The van der Waals surface area contributed by atoms with E-state index >= 15 is 0 Å². The number of esters is 2. The molecule has 0 aromatic rings. The van der Waals surface area contributed by atoms with Gasteiger partial charge in [-0.1, -0.05) is 0 Å². The van der Waals surface area contributed by atoms with Gasteiger partial charge in [0.25, 0.3) is 0 Å². The van der Waals surface area contributed by atoms with Gasteiger partial charge in [0.05, 0.1) is 14.2 Å². The molecule has 7 nitrogen and oxygen atoms in total. The van der Waals surface area contributed by atoms with E-state index in [2.05, 4.69) is 9.47 Å². The molecule has 0 heterocycles. The first kappa shape index (κ1) is 18.2. The van der Waals surface area contributed by atoms with Crippen molar-refractivity contribution in [1.82, 2.24) is 4.90 Å². The summed E-state index contributed by atoms with van der Waals surface area (Å²) in [6, 6.07) is -0.894. The molecule has 0 aliphatic rings. The van der Waals surface area contributed by atoms with Gasteiger partial charge in [-0.15, -0.1) is 0 Å². The van der Waals surface area contributed by atoms with E-state index in [0.717, 1.165) is 4.90 Å². The molecule has 0 aromatic heterocycles. The number of methoxy groups -OCH3 is 2. The Bertz CT molecular complexity index is 360. The van der Waals surface area contributed by atoms with Crippen molar-refractivity contribution in [3.8, 4) is 0 Å². The molecule has 1 amide bonds. The molecule has 0 bridgehead atoms. The van der Waals surface area contributed by atoms with Gasteiger partial charge in [-0.05, 0) is 27.2 Å². The van der Waals surface area contributed by atoms with Crippen LogP contribution in [0.3, 0.4) is 0 Å². The molecule has 0 saturated heterocycles. The Kier molecular flexibility index (Phi) is 7.02. The first-order valence-electron chi connectivity index (χ1n) is 6.22. The van der Waals surface area contributed by atoms with Crippen molar-refractivity contribution in [2.24, 2.45) is 0 Å². The summed E-state index contributed by atoms with van der Waals surface area (Å²) in [4.78, 5) is 35.9. The van der Waals surface area contributed by atoms with E-state index in [9.17, 15) is 14.4 Å². The van der Waals surface area contributed by atoms with Gasteiger partial charge >= 0.3 is 18.0 Å². The van der Waals surface area contributed by atoms with Crippen LogP contribution in [0.15, 0.2) is 0 Å². The zero-order chi connectivity index (χ0) is 15.9. The Morgan fingerprint density at radius 3 is 2.05 bits per heavy atom. The standard InChI is InChI=1S/C13H23NO6/c1-13(2,3)20-12(17)14(4)9(11(16)19-6)7-8-10(15)18-5/h9H,7-8H2,1-6H3/t9-/m0/s1. The molecule has 0 aliphatic heterocycles. The van der Waals surface area contributed by atoms with Crippen LogP contribution >= 0.6 is 0 Å². The van der Waals surface area contributed by atoms with Crippen molar-refractivity contribution in [2.75, 3.05) is 21.3 Å². The van der Waals surface area contributed by atoms with Crippen molar-refractivity contribution in [2.45, 2.75) is 45.3 Å². The fourth-order valence-corrected chi connectivity index (χ4v) is 1.42. The summed E-state index contributed by atoms with van der Waals surface area (Å²) in [5.74, 6) is -1.07. The van der Waals surface area contributed by atoms with Crippen LogP contribution in [0.4, 0.5) is 4.79 Å². The summed E-state index contributed by atoms with van der Waals surface area (Å²) in [6.07, 6.45) is -0.545. The van der Waals surface area contributed by atoms with Gasteiger partial charge in [-0.3, -0.25) is 9.69 Å². The molecular formula is C13H23NO6. The predicted octanol–water partition coefficient (Wildman–Crippen LogP) is 1.35. The average molecular weight is 289 g/mol. The van der Waals surface area contributed by atoms with E-state index in [1.165, 1.54) is 21.3 Å². The minimum absolute atomic E-state index is 0.00338. The number of carbonyl (C=O) groups excluding carboxylic acids is 3. The number of hydrogen-bond acceptors (Lipinski definition) is 6. The zero-order valence-electron chi connectivity index (χ0n) is 12.9. The molecular weight excluding hydrogens is 266 g/mol. The second-order valence-electron chi connectivity index (χ2n) is 5.25. The zero-order valence-corrected chi connectivity index (χ0v) is 12.9. The highest BCUT2D eigenvalue weighted by Crippen LogP contribution is 2.14. The second-order valence-corrected chi connectivity index (χ2v) is 5.25. The van der Waals surface area contributed by atoms with E-state index in [-0.39, 0.29) is 12.8 Å². The molecule has 0 fully saturated rings. The second kappa shape index (κ2) is 7.72. The van der Waals surface area contributed by atoms with E-state index in [0.29, 0.717) is 0 Å². The maximum absolute atomic E-state index is 11.9. The van der Waals surface area contributed by atoms with Crippen LogP contribution in [0, 0.1) is 0 Å². The number of nitrogens with zero attached hydrogens (tertiary/aromatic N) is 1. The van der Waals surface area contributed by atoms with Crippen molar-refractivity contribution >= 4 is 18.0 Å². The fraction of sp³-hybridized carbons (Fsp3) is 0.769. The number of rotatable bonds is 5. The third kappa shape index (κ3) is 6.40. The number of hydrogen-bond donors (Lipinski definition) is 0. The Balaban J connectivity index is 4.80. The molecule has 0 aliphatic carbocycles. The van der Waals surface area contributed by atoms with Gasteiger partial charge in [0.1, 0.15) is 11.6 Å². The van der Waals surface area contributed by atoms with Gasteiger partial charge in [0, 0.05) is 13.5 Å². The van der Waals surface area contributed by atoms with Crippen LogP contribution in [0.5, 0.6) is 0 Å². The lowest BCUT2D eigenvalue weighted by molar-refractivity contribution is -0.147. The van der Waals surface area contributed by atoms with E-state index < -0.39 is 29.7 Å². The van der Waals surface area contributed by atoms with Gasteiger partial charge in [0.15, 0.2) is 0 Å². The molecule has 0 unspecified atom stereocenters. The summed E-state index contributed by atoms with van der Waals surface area (Å²) < 4.78 is 14.3. The van der Waals surface area contributed by atoms with Crippen molar-refractivity contribution in [3.05, 3.63) is 0 Å². The van der Waals surface area contributed by atoms with E-state index in [1.807, 2.05) is 0 Å². The third-order valence-electron chi connectivity index (χ3n) is 2.47. The lowest BCUT2D eigenvalue weighted by Gasteiger charge is -2.29. The summed E-state index contributed by atoms with van der Waals surface area (Å²) in [6.45, 7) is 5.17. The summed E-state index contributed by atoms with van der Waals surface area (Å²) in [7, 11) is 3.90. The number of carbonyl (C=O) groups is 3. The highest BCUT2D eigenvalue weighted by atomic mass is 16.6. The highest BCUT2D eigenvalue weighted by Gasteiger charge is 2.31. The molecule has 7 heteroatoms. The minimum atomic E-state index is -0.894. The predicted molar refractivity (Wildman–Crippen MR) is 71.1 cm³/mol. The SMILES string of the molecule is COC(=O)CC[C@@H](C(=O)OC)N(C)C(=O)OC(C)(C)C. The summed E-state index contributed by atoms with van der Waals surface area (Å²) >= 11 is 0.